The van der Waals surface area contributed by atoms with Crippen molar-refractivity contribution in [3.05, 3.63) is 169 Å². The molecule has 3 heterocycles. The van der Waals surface area contributed by atoms with Crippen molar-refractivity contribution in [3.63, 3.8) is 0 Å². The molecule has 1 aliphatic carbocycles. The van der Waals surface area contributed by atoms with Crippen LogP contribution in [0, 0.1) is 0 Å². The van der Waals surface area contributed by atoms with Gasteiger partial charge in [0, 0.05) is 44.0 Å². The van der Waals surface area contributed by atoms with Gasteiger partial charge in [-0.3, -0.25) is 0 Å². The van der Waals surface area contributed by atoms with Gasteiger partial charge in [0.1, 0.15) is 16.2 Å². The molecule has 0 bridgehead atoms. The minimum atomic E-state index is -0.213. The van der Waals surface area contributed by atoms with Crippen LogP contribution in [0.25, 0.3) is 99.1 Å². The van der Waals surface area contributed by atoms with Crippen molar-refractivity contribution in [3.8, 4) is 67.0 Å². The van der Waals surface area contributed by atoms with Gasteiger partial charge in [-0.15, -0.1) is 11.3 Å². The zero-order valence-corrected chi connectivity index (χ0v) is 30.9. The Labute approximate surface area is 321 Å². The fourth-order valence-electron chi connectivity index (χ4n) is 8.34. The molecule has 0 spiro atoms. The van der Waals surface area contributed by atoms with Crippen molar-refractivity contribution in [1.29, 1.82) is 0 Å². The van der Waals surface area contributed by atoms with Crippen LogP contribution in [0.5, 0.6) is 0 Å². The lowest BCUT2D eigenvalue weighted by molar-refractivity contribution is 0.665. The summed E-state index contributed by atoms with van der Waals surface area (Å²) in [6.07, 6.45) is 0. The van der Waals surface area contributed by atoms with Crippen LogP contribution in [0.1, 0.15) is 25.0 Å². The molecule has 5 nitrogen and oxygen atoms in total. The normalized spacial score (nSPS) is 13.1. The molecule has 11 rings (SSSR count). The van der Waals surface area contributed by atoms with Gasteiger partial charge in [-0.2, -0.15) is 0 Å². The van der Waals surface area contributed by atoms with Crippen LogP contribution in [0.3, 0.4) is 0 Å². The Morgan fingerprint density at radius 1 is 0.491 bits per heavy atom. The van der Waals surface area contributed by atoms with Crippen molar-refractivity contribution in [1.82, 2.24) is 19.9 Å². The topological polar surface area (TPSA) is 64.7 Å². The number of thiazole rings is 1. The fourth-order valence-corrected chi connectivity index (χ4v) is 9.32. The summed E-state index contributed by atoms with van der Waals surface area (Å²) in [5, 5.41) is 3.05. The Bertz CT molecular complexity index is 3050. The summed E-state index contributed by atoms with van der Waals surface area (Å²) in [5.41, 5.74) is 13.6. The van der Waals surface area contributed by atoms with E-state index in [9.17, 15) is 0 Å². The first-order valence-corrected chi connectivity index (χ1v) is 19.3. The maximum Gasteiger partial charge on any atom is 0.164 e. The predicted molar refractivity (Wildman–Crippen MR) is 225 cm³/mol. The molecule has 0 saturated heterocycles. The molecule has 260 valence electrons. The van der Waals surface area contributed by atoms with E-state index in [0.29, 0.717) is 17.5 Å². The van der Waals surface area contributed by atoms with Gasteiger partial charge in [0.05, 0.1) is 10.2 Å². The number of benzene rings is 7. The molecular weight excluding hydrogens is 693 g/mol. The minimum absolute atomic E-state index is 0.213. The lowest BCUT2D eigenvalue weighted by Gasteiger charge is -2.22. The number of hydrogen-bond donors (Lipinski definition) is 0. The number of para-hydroxylation sites is 1. The molecule has 0 fully saturated rings. The van der Waals surface area contributed by atoms with Crippen molar-refractivity contribution < 1.29 is 4.42 Å². The van der Waals surface area contributed by atoms with E-state index in [4.69, 9.17) is 24.4 Å². The molecule has 0 atom stereocenters. The molecule has 3 aromatic heterocycles. The highest BCUT2D eigenvalue weighted by Gasteiger charge is 2.38. The minimum Gasteiger partial charge on any atom is -0.455 e. The Kier molecular flexibility index (Phi) is 7.00. The molecule has 0 aliphatic heterocycles. The van der Waals surface area contributed by atoms with E-state index >= 15 is 0 Å². The largest absolute Gasteiger partial charge is 0.455 e. The fraction of sp³-hybridized carbons (Fsp3) is 0.0612. The molecule has 0 unspecified atom stereocenters. The molecule has 0 amide bonds. The van der Waals surface area contributed by atoms with Gasteiger partial charge in [0.2, 0.25) is 0 Å². The third-order valence-corrected chi connectivity index (χ3v) is 12.0. The third kappa shape index (κ3) is 4.99. The van der Waals surface area contributed by atoms with Crippen molar-refractivity contribution in [2.75, 3.05) is 0 Å². The van der Waals surface area contributed by atoms with E-state index in [1.807, 2.05) is 72.8 Å². The molecule has 7 aromatic carbocycles. The lowest BCUT2D eigenvalue weighted by atomic mass is 9.81. The quantitative estimate of drug-likeness (QED) is 0.177. The van der Waals surface area contributed by atoms with Gasteiger partial charge in [-0.05, 0) is 58.1 Å². The second-order valence-corrected chi connectivity index (χ2v) is 15.6. The third-order valence-electron chi connectivity index (χ3n) is 11.0. The molecule has 0 radical (unpaired) electrons. The SMILES string of the molecule is CC1(C)c2ccc(-c3ccc(-c4nc(-c5ccccc5)nc(-c5ccccc5)n4)c4c3oc3ccccc34)cc2-c2ccc3sc(-c4ccccc4)nc3c21. The van der Waals surface area contributed by atoms with Crippen molar-refractivity contribution in [2.24, 2.45) is 0 Å². The van der Waals surface area contributed by atoms with E-state index in [0.717, 1.165) is 65.8 Å². The summed E-state index contributed by atoms with van der Waals surface area (Å²) < 4.78 is 7.99. The van der Waals surface area contributed by atoms with Crippen LogP contribution < -0.4 is 0 Å². The smallest absolute Gasteiger partial charge is 0.164 e. The Morgan fingerprint density at radius 3 is 1.80 bits per heavy atom. The molecule has 0 saturated carbocycles. The first kappa shape index (κ1) is 31.7. The highest BCUT2D eigenvalue weighted by Crippen LogP contribution is 2.53. The van der Waals surface area contributed by atoms with E-state index in [-0.39, 0.29) is 5.41 Å². The van der Waals surface area contributed by atoms with Crippen LogP contribution in [0.2, 0.25) is 0 Å². The van der Waals surface area contributed by atoms with Crippen molar-refractivity contribution >= 4 is 43.5 Å². The molecule has 55 heavy (non-hydrogen) atoms. The highest BCUT2D eigenvalue weighted by molar-refractivity contribution is 7.21. The van der Waals surface area contributed by atoms with Gasteiger partial charge >= 0.3 is 0 Å². The van der Waals surface area contributed by atoms with E-state index < -0.39 is 0 Å². The van der Waals surface area contributed by atoms with Crippen LogP contribution in [0.4, 0.5) is 0 Å². The van der Waals surface area contributed by atoms with Gasteiger partial charge in [0.15, 0.2) is 17.5 Å². The number of hydrogen-bond acceptors (Lipinski definition) is 6. The van der Waals surface area contributed by atoms with Crippen molar-refractivity contribution in [2.45, 2.75) is 19.3 Å². The number of furan rings is 1. The number of aromatic nitrogens is 4. The molecule has 1 aliphatic rings. The Balaban J connectivity index is 1.10. The van der Waals surface area contributed by atoms with Gasteiger partial charge < -0.3 is 4.42 Å². The second kappa shape index (κ2) is 12.1. The average molecular weight is 725 g/mol. The number of nitrogens with zero attached hydrogens (tertiary/aromatic N) is 4. The molecule has 6 heteroatoms. The maximum absolute atomic E-state index is 6.78. The molecule has 0 N–H and O–H groups in total. The van der Waals surface area contributed by atoms with Gasteiger partial charge in [-0.25, -0.2) is 19.9 Å². The lowest BCUT2D eigenvalue weighted by Crippen LogP contribution is -2.15. The van der Waals surface area contributed by atoms with Gasteiger partial charge in [0.25, 0.3) is 0 Å². The van der Waals surface area contributed by atoms with Crippen LogP contribution in [-0.4, -0.2) is 19.9 Å². The summed E-state index contributed by atoms with van der Waals surface area (Å²) in [6, 6.07) is 54.6. The van der Waals surface area contributed by atoms with Gasteiger partial charge in [-0.1, -0.05) is 141 Å². The van der Waals surface area contributed by atoms with Crippen LogP contribution in [0.15, 0.2) is 162 Å². The first-order chi connectivity index (χ1) is 27.0. The maximum atomic E-state index is 6.78. The van der Waals surface area contributed by atoms with E-state index in [1.165, 1.54) is 27.0 Å². The van der Waals surface area contributed by atoms with E-state index in [2.05, 4.69) is 98.8 Å². The summed E-state index contributed by atoms with van der Waals surface area (Å²) in [7, 11) is 0. The predicted octanol–water partition coefficient (Wildman–Crippen LogP) is 13.0. The van der Waals surface area contributed by atoms with E-state index in [1.54, 1.807) is 11.3 Å². The monoisotopic (exact) mass is 724 g/mol. The van der Waals surface area contributed by atoms with Crippen LogP contribution >= 0.6 is 11.3 Å². The Hall–Kier alpha value is -6.76. The zero-order chi connectivity index (χ0) is 36.7. The van der Waals surface area contributed by atoms with Crippen LogP contribution in [-0.2, 0) is 5.41 Å². The summed E-state index contributed by atoms with van der Waals surface area (Å²) in [5.74, 6) is 1.85. The first-order valence-electron chi connectivity index (χ1n) is 18.5. The summed E-state index contributed by atoms with van der Waals surface area (Å²) in [4.78, 5) is 20.4. The number of fused-ring (bicyclic) bond motifs is 8. The molecular formula is C49H32N4OS. The standard InChI is InChI=1S/C49H32N4OS/c1-49(2)38-26-22-32(28-37(38)34-25-27-40-43(42(34)49)50-48(55-40)31-18-10-5-11-19-31)33-23-24-36(41-35-20-12-13-21-39(35)54-44(33)41)47-52-45(29-14-6-3-7-15-29)51-46(53-47)30-16-8-4-9-17-30/h3-28H,1-2H3. The molecule has 10 aromatic rings. The summed E-state index contributed by atoms with van der Waals surface area (Å²) >= 11 is 1.76. The Morgan fingerprint density at radius 2 is 1.09 bits per heavy atom. The number of rotatable bonds is 5. The second-order valence-electron chi connectivity index (χ2n) is 14.6. The summed E-state index contributed by atoms with van der Waals surface area (Å²) in [6.45, 7) is 4.65. The zero-order valence-electron chi connectivity index (χ0n) is 30.1. The highest BCUT2D eigenvalue weighted by atomic mass is 32.1. The average Bonchev–Trinajstić information content (AvgIpc) is 3.92.